The molecule has 0 saturated heterocycles. The van der Waals surface area contributed by atoms with Crippen LogP contribution in [0.4, 0.5) is 0 Å². The van der Waals surface area contributed by atoms with E-state index in [4.69, 9.17) is 4.74 Å². The Labute approximate surface area is 223 Å². The Morgan fingerprint density at radius 3 is 2.08 bits per heavy atom. The SMILES string of the molecule is CCCCCCCCc1ccc(-c2ncc(-c3ccc(OC(=O)CCCCC(C)CC)cc3)cn2)cc1. The summed E-state index contributed by atoms with van der Waals surface area (Å²) in [5.41, 5.74) is 4.34. The highest BCUT2D eigenvalue weighted by molar-refractivity contribution is 5.73. The molecule has 0 bridgehead atoms. The molecule has 1 heterocycles. The van der Waals surface area contributed by atoms with Crippen LogP contribution in [0.2, 0.25) is 0 Å². The molecule has 0 fully saturated rings. The molecule has 3 rings (SSSR count). The van der Waals surface area contributed by atoms with E-state index in [2.05, 4.69) is 55.0 Å². The smallest absolute Gasteiger partial charge is 0.311 e. The number of esters is 1. The number of hydrogen-bond donors (Lipinski definition) is 0. The van der Waals surface area contributed by atoms with Crippen LogP contribution >= 0.6 is 0 Å². The summed E-state index contributed by atoms with van der Waals surface area (Å²) in [6.45, 7) is 6.72. The summed E-state index contributed by atoms with van der Waals surface area (Å²) in [7, 11) is 0. The van der Waals surface area contributed by atoms with Crippen molar-refractivity contribution >= 4 is 5.97 Å². The van der Waals surface area contributed by atoms with Gasteiger partial charge in [-0.1, -0.05) is 109 Å². The normalized spacial score (nSPS) is 11.9. The summed E-state index contributed by atoms with van der Waals surface area (Å²) in [6, 6.07) is 16.2. The van der Waals surface area contributed by atoms with Gasteiger partial charge in [-0.2, -0.15) is 0 Å². The Hall–Kier alpha value is -3.01. The van der Waals surface area contributed by atoms with Crippen LogP contribution in [-0.2, 0) is 11.2 Å². The van der Waals surface area contributed by atoms with Crippen molar-refractivity contribution in [3.8, 4) is 28.3 Å². The molecule has 0 radical (unpaired) electrons. The lowest BCUT2D eigenvalue weighted by atomic mass is 10.0. The van der Waals surface area contributed by atoms with Gasteiger partial charge in [0.2, 0.25) is 0 Å². The highest BCUT2D eigenvalue weighted by Gasteiger charge is 2.08. The van der Waals surface area contributed by atoms with Crippen molar-refractivity contribution in [1.29, 1.82) is 0 Å². The number of benzene rings is 2. The number of carbonyl (C=O) groups excluding carboxylic acids is 1. The summed E-state index contributed by atoms with van der Waals surface area (Å²) < 4.78 is 5.50. The summed E-state index contributed by atoms with van der Waals surface area (Å²) >= 11 is 0. The maximum Gasteiger partial charge on any atom is 0.311 e. The minimum Gasteiger partial charge on any atom is -0.427 e. The number of carbonyl (C=O) groups is 1. The highest BCUT2D eigenvalue weighted by Crippen LogP contribution is 2.24. The molecule has 0 aliphatic carbocycles. The molecule has 2 aromatic carbocycles. The standard InChI is InChI=1S/C33H44N2O2/c1-4-6-7-8-9-10-14-27-16-18-29(19-17-27)33-34-24-30(25-35-33)28-20-22-31(23-21-28)37-32(36)15-12-11-13-26(3)5-2/h16-26H,4-15H2,1-3H3. The number of aryl methyl sites for hydroxylation is 1. The Morgan fingerprint density at radius 1 is 0.757 bits per heavy atom. The molecular formula is C33H44N2O2. The number of unbranched alkanes of at least 4 members (excludes halogenated alkanes) is 6. The van der Waals surface area contributed by atoms with Crippen LogP contribution in [-0.4, -0.2) is 15.9 Å². The third-order valence-electron chi connectivity index (χ3n) is 7.13. The largest absolute Gasteiger partial charge is 0.427 e. The zero-order valence-corrected chi connectivity index (χ0v) is 23.0. The van der Waals surface area contributed by atoms with E-state index in [9.17, 15) is 4.79 Å². The third-order valence-corrected chi connectivity index (χ3v) is 7.13. The molecule has 0 aliphatic rings. The zero-order valence-electron chi connectivity index (χ0n) is 23.0. The van der Waals surface area contributed by atoms with Crippen molar-refractivity contribution in [2.75, 3.05) is 0 Å². The first-order valence-electron chi connectivity index (χ1n) is 14.3. The monoisotopic (exact) mass is 500 g/mol. The summed E-state index contributed by atoms with van der Waals surface area (Å²) in [5.74, 6) is 1.87. The van der Waals surface area contributed by atoms with Gasteiger partial charge in [0.1, 0.15) is 5.75 Å². The molecule has 0 aliphatic heterocycles. The summed E-state index contributed by atoms with van der Waals surface area (Å²) in [5, 5.41) is 0. The quantitative estimate of drug-likeness (QED) is 0.112. The molecule has 4 nitrogen and oxygen atoms in total. The second kappa shape index (κ2) is 16.0. The minimum atomic E-state index is -0.164. The Kier molecular flexibility index (Phi) is 12.3. The fourth-order valence-corrected chi connectivity index (χ4v) is 4.42. The van der Waals surface area contributed by atoms with E-state index in [1.807, 2.05) is 36.7 Å². The lowest BCUT2D eigenvalue weighted by molar-refractivity contribution is -0.134. The summed E-state index contributed by atoms with van der Waals surface area (Å²) in [6.07, 6.45) is 17.5. The average molecular weight is 501 g/mol. The maximum absolute atomic E-state index is 12.1. The van der Waals surface area contributed by atoms with E-state index in [1.165, 1.54) is 56.9 Å². The molecule has 3 aromatic rings. The van der Waals surface area contributed by atoms with Crippen LogP contribution in [0, 0.1) is 5.92 Å². The van der Waals surface area contributed by atoms with Gasteiger partial charge in [-0.15, -0.1) is 0 Å². The van der Waals surface area contributed by atoms with Crippen LogP contribution < -0.4 is 4.74 Å². The van der Waals surface area contributed by atoms with Crippen molar-refractivity contribution in [2.45, 2.75) is 97.8 Å². The number of nitrogens with zero attached hydrogens (tertiary/aromatic N) is 2. The van der Waals surface area contributed by atoms with Crippen molar-refractivity contribution < 1.29 is 9.53 Å². The van der Waals surface area contributed by atoms with Gasteiger partial charge in [-0.05, 0) is 48.4 Å². The molecular weight excluding hydrogens is 456 g/mol. The number of hydrogen-bond acceptors (Lipinski definition) is 4. The molecule has 1 aromatic heterocycles. The number of rotatable bonds is 16. The van der Waals surface area contributed by atoms with E-state index in [1.54, 1.807) is 0 Å². The lowest BCUT2D eigenvalue weighted by Gasteiger charge is -2.08. The Bertz CT molecular complexity index is 1040. The van der Waals surface area contributed by atoms with E-state index in [0.29, 0.717) is 12.2 Å². The average Bonchev–Trinajstić information content (AvgIpc) is 2.94. The van der Waals surface area contributed by atoms with Gasteiger partial charge in [0, 0.05) is 29.9 Å². The van der Waals surface area contributed by atoms with E-state index in [-0.39, 0.29) is 5.97 Å². The second-order valence-electron chi connectivity index (χ2n) is 10.3. The maximum atomic E-state index is 12.1. The van der Waals surface area contributed by atoms with Crippen molar-refractivity contribution in [3.63, 3.8) is 0 Å². The fraction of sp³-hybridized carbons (Fsp3) is 0.485. The van der Waals surface area contributed by atoms with Gasteiger partial charge >= 0.3 is 5.97 Å². The second-order valence-corrected chi connectivity index (χ2v) is 10.3. The Balaban J connectivity index is 1.46. The van der Waals surface area contributed by atoms with Gasteiger partial charge in [0.25, 0.3) is 0 Å². The lowest BCUT2D eigenvalue weighted by Crippen LogP contribution is -2.07. The molecule has 0 N–H and O–H groups in total. The predicted molar refractivity (Wildman–Crippen MR) is 154 cm³/mol. The van der Waals surface area contributed by atoms with Crippen molar-refractivity contribution in [3.05, 3.63) is 66.5 Å². The molecule has 37 heavy (non-hydrogen) atoms. The van der Waals surface area contributed by atoms with Crippen molar-refractivity contribution in [1.82, 2.24) is 9.97 Å². The van der Waals surface area contributed by atoms with Crippen molar-refractivity contribution in [2.24, 2.45) is 5.92 Å². The fourth-order valence-electron chi connectivity index (χ4n) is 4.42. The van der Waals surface area contributed by atoms with E-state index >= 15 is 0 Å². The van der Waals surface area contributed by atoms with Gasteiger partial charge in [-0.25, -0.2) is 9.97 Å². The molecule has 1 atom stereocenters. The summed E-state index contributed by atoms with van der Waals surface area (Å²) in [4.78, 5) is 21.3. The predicted octanol–water partition coefficient (Wildman–Crippen LogP) is 9.23. The third kappa shape index (κ3) is 10.1. The molecule has 0 saturated carbocycles. The van der Waals surface area contributed by atoms with Gasteiger partial charge < -0.3 is 4.74 Å². The van der Waals surface area contributed by atoms with Gasteiger partial charge in [-0.3, -0.25) is 4.79 Å². The first-order chi connectivity index (χ1) is 18.1. The number of aromatic nitrogens is 2. The van der Waals surface area contributed by atoms with Gasteiger partial charge in [0.15, 0.2) is 5.82 Å². The highest BCUT2D eigenvalue weighted by atomic mass is 16.5. The molecule has 0 spiro atoms. The topological polar surface area (TPSA) is 52.1 Å². The van der Waals surface area contributed by atoms with Gasteiger partial charge in [0.05, 0.1) is 0 Å². The minimum absolute atomic E-state index is 0.164. The molecule has 1 unspecified atom stereocenters. The molecule has 4 heteroatoms. The molecule has 198 valence electrons. The van der Waals surface area contributed by atoms with Crippen LogP contribution in [0.3, 0.4) is 0 Å². The van der Waals surface area contributed by atoms with E-state index in [0.717, 1.165) is 47.7 Å². The first kappa shape index (κ1) is 28.6. The number of ether oxygens (including phenoxy) is 1. The Morgan fingerprint density at radius 2 is 1.41 bits per heavy atom. The first-order valence-corrected chi connectivity index (χ1v) is 14.3. The van der Waals surface area contributed by atoms with Crippen LogP contribution in [0.5, 0.6) is 5.75 Å². The van der Waals surface area contributed by atoms with Crippen LogP contribution in [0.15, 0.2) is 60.9 Å². The van der Waals surface area contributed by atoms with E-state index < -0.39 is 0 Å². The van der Waals surface area contributed by atoms with Crippen LogP contribution in [0.25, 0.3) is 22.5 Å². The molecule has 0 amide bonds. The van der Waals surface area contributed by atoms with Crippen LogP contribution in [0.1, 0.15) is 97.0 Å². The zero-order chi connectivity index (χ0) is 26.3.